The second kappa shape index (κ2) is 3.46. The molecule has 1 saturated heterocycles. The number of hydrogen-bond donors (Lipinski definition) is 0. The largest absolute Gasteiger partial charge is 0.311 e. The van der Waals surface area contributed by atoms with Crippen molar-refractivity contribution < 1.29 is 0 Å². The lowest BCUT2D eigenvalue weighted by Crippen LogP contribution is -2.29. The summed E-state index contributed by atoms with van der Waals surface area (Å²) < 4.78 is 0. The van der Waals surface area contributed by atoms with Crippen molar-refractivity contribution in [3.05, 3.63) is 6.92 Å². The van der Waals surface area contributed by atoms with E-state index in [1.54, 1.807) is 0 Å². The Morgan fingerprint density at radius 2 is 2.10 bits per heavy atom. The summed E-state index contributed by atoms with van der Waals surface area (Å²) in [6, 6.07) is 0. The van der Waals surface area contributed by atoms with Crippen LogP contribution in [0.1, 0.15) is 19.3 Å². The summed E-state index contributed by atoms with van der Waals surface area (Å²) in [6.07, 6.45) is 5.49. The summed E-state index contributed by atoms with van der Waals surface area (Å²) in [5.74, 6) is 0.768. The van der Waals surface area contributed by atoms with Crippen molar-refractivity contribution in [2.45, 2.75) is 19.3 Å². The first-order valence-electron chi connectivity index (χ1n) is 3.80. The third-order valence-corrected chi connectivity index (χ3v) is 2.16. The molecule has 1 aliphatic heterocycles. The fraction of sp³-hybridized carbons (Fsp3) is 0.750. The molecule has 2 nitrogen and oxygen atoms in total. The maximum Gasteiger partial charge on any atom is 0.179 e. The smallest absolute Gasteiger partial charge is 0.179 e. The molecule has 0 saturated carbocycles. The van der Waals surface area contributed by atoms with Crippen LogP contribution in [0.5, 0.6) is 0 Å². The van der Waals surface area contributed by atoms with E-state index in [1.807, 2.05) is 4.90 Å². The van der Waals surface area contributed by atoms with Gasteiger partial charge in [0.2, 0.25) is 0 Å². The first-order valence-corrected chi connectivity index (χ1v) is 3.80. The normalized spacial score (nSPS) is 20.6. The maximum atomic E-state index is 8.51. The summed E-state index contributed by atoms with van der Waals surface area (Å²) in [5, 5.41) is 8.51. The lowest BCUT2D eigenvalue weighted by Gasteiger charge is -2.26. The van der Waals surface area contributed by atoms with Crippen molar-refractivity contribution >= 4 is 0 Å². The van der Waals surface area contributed by atoms with Gasteiger partial charge >= 0.3 is 0 Å². The van der Waals surface area contributed by atoms with Gasteiger partial charge in [-0.25, -0.2) is 0 Å². The summed E-state index contributed by atoms with van der Waals surface area (Å²) in [4.78, 5) is 1.83. The molecule has 55 valence electrons. The van der Waals surface area contributed by atoms with Gasteiger partial charge in [-0.2, -0.15) is 5.26 Å². The molecule has 0 atom stereocenters. The Labute approximate surface area is 62.4 Å². The van der Waals surface area contributed by atoms with Crippen molar-refractivity contribution in [2.24, 2.45) is 5.92 Å². The number of nitrogens with zero attached hydrogens (tertiary/aromatic N) is 2. The van der Waals surface area contributed by atoms with E-state index in [0.29, 0.717) is 0 Å². The van der Waals surface area contributed by atoms with E-state index in [9.17, 15) is 0 Å². The van der Waals surface area contributed by atoms with Crippen molar-refractivity contribution in [3.8, 4) is 6.19 Å². The molecule has 1 aliphatic rings. The van der Waals surface area contributed by atoms with Gasteiger partial charge in [0.05, 0.1) is 0 Å². The Bertz CT molecular complexity index is 129. The fourth-order valence-corrected chi connectivity index (χ4v) is 1.32. The van der Waals surface area contributed by atoms with E-state index in [0.717, 1.165) is 38.3 Å². The van der Waals surface area contributed by atoms with Crippen LogP contribution in [0.2, 0.25) is 0 Å². The van der Waals surface area contributed by atoms with Gasteiger partial charge in [0, 0.05) is 13.1 Å². The number of likely N-dealkylation sites (tertiary alicyclic amines) is 1. The van der Waals surface area contributed by atoms with Crippen molar-refractivity contribution in [1.29, 1.82) is 5.26 Å². The molecule has 0 aromatic heterocycles. The molecule has 0 bridgehead atoms. The second-order valence-corrected chi connectivity index (χ2v) is 2.82. The Morgan fingerprint density at radius 1 is 1.50 bits per heavy atom. The molecule has 1 rings (SSSR count). The monoisotopic (exact) mass is 137 g/mol. The number of rotatable bonds is 1. The van der Waals surface area contributed by atoms with E-state index < -0.39 is 0 Å². The molecule has 1 heterocycles. The quantitative estimate of drug-likeness (QED) is 0.511. The van der Waals surface area contributed by atoms with E-state index in [-0.39, 0.29) is 0 Å². The lowest BCUT2D eigenvalue weighted by molar-refractivity contribution is 0.253. The molecular weight excluding hydrogens is 124 g/mol. The molecule has 1 fully saturated rings. The first kappa shape index (κ1) is 7.40. The average molecular weight is 137 g/mol. The number of hydrogen-bond acceptors (Lipinski definition) is 2. The highest BCUT2D eigenvalue weighted by molar-refractivity contribution is 4.80. The Hall–Kier alpha value is -0.710. The molecule has 0 aromatic rings. The van der Waals surface area contributed by atoms with Gasteiger partial charge in [0.1, 0.15) is 0 Å². The van der Waals surface area contributed by atoms with Crippen LogP contribution in [0.3, 0.4) is 0 Å². The summed E-state index contributed by atoms with van der Waals surface area (Å²) in [5.41, 5.74) is 0. The van der Waals surface area contributed by atoms with Gasteiger partial charge in [0.15, 0.2) is 6.19 Å². The predicted octanol–water partition coefficient (Wildman–Crippen LogP) is 1.40. The highest BCUT2D eigenvalue weighted by Gasteiger charge is 2.15. The lowest BCUT2D eigenvalue weighted by atomic mass is 9.95. The van der Waals surface area contributed by atoms with Gasteiger partial charge in [-0.1, -0.05) is 13.3 Å². The highest BCUT2D eigenvalue weighted by atomic mass is 15.1. The van der Waals surface area contributed by atoms with E-state index in [4.69, 9.17) is 5.26 Å². The molecule has 0 N–H and O–H groups in total. The zero-order chi connectivity index (χ0) is 7.40. The summed E-state index contributed by atoms with van der Waals surface area (Å²) >= 11 is 0. The van der Waals surface area contributed by atoms with Crippen LogP contribution >= 0.6 is 0 Å². The average Bonchev–Trinajstić information content (AvgIpc) is 2.05. The highest BCUT2D eigenvalue weighted by Crippen LogP contribution is 2.18. The van der Waals surface area contributed by atoms with Crippen molar-refractivity contribution in [1.82, 2.24) is 4.90 Å². The summed E-state index contributed by atoms with van der Waals surface area (Å²) in [6.45, 7) is 5.74. The van der Waals surface area contributed by atoms with Crippen LogP contribution in [-0.2, 0) is 0 Å². The second-order valence-electron chi connectivity index (χ2n) is 2.82. The van der Waals surface area contributed by atoms with Gasteiger partial charge in [0.25, 0.3) is 0 Å². The van der Waals surface area contributed by atoms with Crippen molar-refractivity contribution in [2.75, 3.05) is 13.1 Å². The van der Waals surface area contributed by atoms with Gasteiger partial charge < -0.3 is 4.90 Å². The number of piperidine rings is 1. The molecule has 0 aliphatic carbocycles. The fourth-order valence-electron chi connectivity index (χ4n) is 1.32. The molecule has 0 unspecified atom stereocenters. The summed E-state index contributed by atoms with van der Waals surface area (Å²) in [7, 11) is 0. The minimum Gasteiger partial charge on any atom is -0.311 e. The minimum atomic E-state index is 0.768. The molecule has 2 heteroatoms. The molecule has 10 heavy (non-hydrogen) atoms. The van der Waals surface area contributed by atoms with Crippen LogP contribution in [0.4, 0.5) is 0 Å². The van der Waals surface area contributed by atoms with Crippen LogP contribution in [-0.4, -0.2) is 18.0 Å². The number of nitriles is 1. The minimum absolute atomic E-state index is 0.768. The van der Waals surface area contributed by atoms with E-state index in [1.165, 1.54) is 0 Å². The first-order chi connectivity index (χ1) is 4.86. The van der Waals surface area contributed by atoms with Crippen LogP contribution in [0.15, 0.2) is 0 Å². The Balaban J connectivity index is 2.25. The Morgan fingerprint density at radius 3 is 2.50 bits per heavy atom. The van der Waals surface area contributed by atoms with Crippen LogP contribution < -0.4 is 0 Å². The zero-order valence-electron chi connectivity index (χ0n) is 6.21. The predicted molar refractivity (Wildman–Crippen MR) is 39.9 cm³/mol. The van der Waals surface area contributed by atoms with Gasteiger partial charge in [-0.15, -0.1) is 0 Å². The SMILES string of the molecule is [CH2]CC1CCN(C#N)CC1. The zero-order valence-corrected chi connectivity index (χ0v) is 6.21. The molecule has 0 amide bonds. The molecule has 0 spiro atoms. The standard InChI is InChI=1S/C8H13N2/c1-2-8-3-5-10(7-9)6-4-8/h8H,1-6H2. The topological polar surface area (TPSA) is 27.0 Å². The maximum absolute atomic E-state index is 8.51. The van der Waals surface area contributed by atoms with Gasteiger partial charge in [-0.05, 0) is 18.8 Å². The third-order valence-electron chi connectivity index (χ3n) is 2.16. The van der Waals surface area contributed by atoms with Crippen LogP contribution in [0, 0.1) is 24.3 Å². The molecule has 1 radical (unpaired) electrons. The van der Waals surface area contributed by atoms with Crippen molar-refractivity contribution in [3.63, 3.8) is 0 Å². The van der Waals surface area contributed by atoms with E-state index >= 15 is 0 Å². The van der Waals surface area contributed by atoms with Gasteiger partial charge in [-0.3, -0.25) is 0 Å². The van der Waals surface area contributed by atoms with Crippen LogP contribution in [0.25, 0.3) is 0 Å². The third kappa shape index (κ3) is 1.63. The molecular formula is C8H13N2. The molecule has 0 aromatic carbocycles. The Kier molecular flexibility index (Phi) is 2.56. The van der Waals surface area contributed by atoms with E-state index in [2.05, 4.69) is 13.1 Å².